The van der Waals surface area contributed by atoms with Gasteiger partial charge in [0.2, 0.25) is 0 Å². The minimum Gasteiger partial charge on any atom is -0.275 e. The normalized spacial score (nSPS) is 9.67. The van der Waals surface area contributed by atoms with E-state index in [2.05, 4.69) is 0 Å². The van der Waals surface area contributed by atoms with E-state index in [-0.39, 0.29) is 20.2 Å². The van der Waals surface area contributed by atoms with E-state index in [1.54, 1.807) is 0 Å². The molecular weight excluding hydrogens is 176 g/mol. The molecule has 0 unspecified atom stereocenters. The summed E-state index contributed by atoms with van der Waals surface area (Å²) in [4.78, 5) is 0. The third-order valence-corrected chi connectivity index (χ3v) is 1.89. The molecule has 0 radical (unpaired) electrons. The highest BCUT2D eigenvalue weighted by Gasteiger charge is 2.02. The van der Waals surface area contributed by atoms with Crippen molar-refractivity contribution in [3.05, 3.63) is 35.1 Å². The number of hydrogen-bond donors (Lipinski definition) is 0. The van der Waals surface area contributed by atoms with Crippen LogP contribution >= 0.6 is 8.46 Å². The van der Waals surface area contributed by atoms with E-state index in [0.29, 0.717) is 5.56 Å². The SMILES string of the molecule is N#Cc1ccc(CP=O)c(F)c1. The lowest BCUT2D eigenvalue weighted by atomic mass is 10.1. The summed E-state index contributed by atoms with van der Waals surface area (Å²) in [5.41, 5.74) is 0.643. The molecule has 4 heteroatoms. The Morgan fingerprint density at radius 3 is 2.83 bits per heavy atom. The van der Waals surface area contributed by atoms with Gasteiger partial charge in [-0.1, -0.05) is 6.07 Å². The summed E-state index contributed by atoms with van der Waals surface area (Å²) in [6.07, 6.45) is 0.150. The maximum absolute atomic E-state index is 12.9. The van der Waals surface area contributed by atoms with Gasteiger partial charge in [-0.3, -0.25) is 4.57 Å². The number of halogens is 1. The molecule has 2 nitrogen and oxygen atoms in total. The Bertz CT molecular complexity index is 345. The molecule has 0 aromatic heterocycles. The van der Waals surface area contributed by atoms with Crippen molar-refractivity contribution in [3.63, 3.8) is 0 Å². The van der Waals surface area contributed by atoms with Crippen LogP contribution in [0.25, 0.3) is 0 Å². The van der Waals surface area contributed by atoms with Crippen molar-refractivity contribution in [3.8, 4) is 6.07 Å². The van der Waals surface area contributed by atoms with Crippen LogP contribution in [0.5, 0.6) is 0 Å². The first-order valence-corrected chi connectivity index (χ1v) is 4.25. The van der Waals surface area contributed by atoms with Gasteiger partial charge in [-0.25, -0.2) is 4.39 Å². The standard InChI is InChI=1S/C8H5FNOP/c9-8-3-6(4-10)1-2-7(8)5-12-11/h1-3H,5H2. The van der Waals surface area contributed by atoms with Gasteiger partial charge in [-0.15, -0.1) is 0 Å². The highest BCUT2D eigenvalue weighted by Crippen LogP contribution is 2.14. The first kappa shape index (κ1) is 8.83. The molecule has 12 heavy (non-hydrogen) atoms. The zero-order valence-electron chi connectivity index (χ0n) is 6.12. The number of rotatable bonds is 2. The Balaban J connectivity index is 3.04. The molecule has 0 saturated carbocycles. The van der Waals surface area contributed by atoms with Gasteiger partial charge in [-0.2, -0.15) is 5.26 Å². The number of benzene rings is 1. The van der Waals surface area contributed by atoms with E-state index in [0.717, 1.165) is 6.07 Å². The molecule has 0 bridgehead atoms. The van der Waals surface area contributed by atoms with Crippen molar-refractivity contribution in [2.24, 2.45) is 0 Å². The first-order valence-electron chi connectivity index (χ1n) is 3.25. The minimum atomic E-state index is -0.475. The Morgan fingerprint density at radius 1 is 1.58 bits per heavy atom. The average Bonchev–Trinajstić information content (AvgIpc) is 2.09. The van der Waals surface area contributed by atoms with Crippen LogP contribution in [-0.4, -0.2) is 0 Å². The van der Waals surface area contributed by atoms with Crippen LogP contribution in [0.2, 0.25) is 0 Å². The van der Waals surface area contributed by atoms with E-state index in [9.17, 15) is 8.96 Å². The highest BCUT2D eigenvalue weighted by molar-refractivity contribution is 7.22. The van der Waals surface area contributed by atoms with Crippen molar-refractivity contribution in [2.45, 2.75) is 6.16 Å². The lowest BCUT2D eigenvalue weighted by Crippen LogP contribution is -1.86. The summed E-state index contributed by atoms with van der Waals surface area (Å²) >= 11 is 0. The largest absolute Gasteiger partial charge is 0.275 e. The molecule has 0 atom stereocenters. The van der Waals surface area contributed by atoms with Crippen LogP contribution in [0.1, 0.15) is 11.1 Å². The van der Waals surface area contributed by atoms with Gasteiger partial charge < -0.3 is 0 Å². The molecule has 0 aliphatic heterocycles. The van der Waals surface area contributed by atoms with Crippen LogP contribution in [0.3, 0.4) is 0 Å². The summed E-state index contributed by atoms with van der Waals surface area (Å²) in [7, 11) is -0.117. The minimum absolute atomic E-state index is 0.117. The molecule has 1 rings (SSSR count). The van der Waals surface area contributed by atoms with E-state index in [1.807, 2.05) is 6.07 Å². The lowest BCUT2D eigenvalue weighted by Gasteiger charge is -1.96. The van der Waals surface area contributed by atoms with Crippen LogP contribution < -0.4 is 0 Å². The number of nitriles is 1. The van der Waals surface area contributed by atoms with Crippen LogP contribution in [-0.2, 0) is 10.7 Å². The lowest BCUT2D eigenvalue weighted by molar-refractivity contribution is 0.593. The summed E-state index contributed by atoms with van der Waals surface area (Å²) in [5.74, 6) is -0.475. The zero-order valence-corrected chi connectivity index (χ0v) is 7.01. The molecule has 0 aliphatic carbocycles. The fraction of sp³-hybridized carbons (Fsp3) is 0.125. The van der Waals surface area contributed by atoms with Crippen molar-refractivity contribution < 1.29 is 8.96 Å². The predicted molar refractivity (Wildman–Crippen MR) is 42.4 cm³/mol. The van der Waals surface area contributed by atoms with Gasteiger partial charge in [0.1, 0.15) is 5.82 Å². The van der Waals surface area contributed by atoms with Gasteiger partial charge in [0.25, 0.3) is 0 Å². The van der Waals surface area contributed by atoms with Crippen molar-refractivity contribution in [2.75, 3.05) is 0 Å². The second kappa shape index (κ2) is 3.94. The molecule has 0 spiro atoms. The molecule has 0 fully saturated rings. The van der Waals surface area contributed by atoms with Gasteiger partial charge in [0.15, 0.2) is 8.46 Å². The van der Waals surface area contributed by atoms with E-state index < -0.39 is 5.82 Å². The van der Waals surface area contributed by atoms with E-state index in [4.69, 9.17) is 5.26 Å². The molecular formula is C8H5FNOP. The van der Waals surface area contributed by atoms with Gasteiger partial charge in [-0.05, 0) is 17.7 Å². The second-order valence-corrected chi connectivity index (χ2v) is 2.78. The monoisotopic (exact) mass is 181 g/mol. The van der Waals surface area contributed by atoms with Crippen molar-refractivity contribution in [1.82, 2.24) is 0 Å². The Morgan fingerprint density at radius 2 is 2.33 bits per heavy atom. The Labute approximate surface area is 70.8 Å². The molecule has 1 aromatic carbocycles. The molecule has 1 aromatic rings. The Kier molecular flexibility index (Phi) is 2.90. The molecule has 0 aliphatic rings. The van der Waals surface area contributed by atoms with Gasteiger partial charge in [0.05, 0.1) is 17.8 Å². The van der Waals surface area contributed by atoms with Crippen molar-refractivity contribution >= 4 is 8.46 Å². The van der Waals surface area contributed by atoms with Crippen LogP contribution in [0, 0.1) is 17.1 Å². The molecule has 0 amide bonds. The summed E-state index contributed by atoms with van der Waals surface area (Å²) in [6, 6.07) is 5.93. The van der Waals surface area contributed by atoms with Crippen LogP contribution in [0.15, 0.2) is 18.2 Å². The smallest absolute Gasteiger partial charge is 0.160 e. The fourth-order valence-electron chi connectivity index (χ4n) is 0.815. The van der Waals surface area contributed by atoms with Gasteiger partial charge in [0, 0.05) is 0 Å². The second-order valence-electron chi connectivity index (χ2n) is 2.21. The molecule has 0 heterocycles. The molecule has 0 N–H and O–H groups in total. The summed E-state index contributed by atoms with van der Waals surface area (Å²) in [6.45, 7) is 0. The van der Waals surface area contributed by atoms with Crippen LogP contribution in [0.4, 0.5) is 4.39 Å². The number of hydrogen-bond acceptors (Lipinski definition) is 2. The summed E-state index contributed by atoms with van der Waals surface area (Å²) in [5, 5.41) is 8.40. The maximum atomic E-state index is 12.9. The predicted octanol–water partition coefficient (Wildman–Crippen LogP) is 2.49. The summed E-state index contributed by atoms with van der Waals surface area (Å²) < 4.78 is 23.1. The molecule has 0 saturated heterocycles. The zero-order chi connectivity index (χ0) is 8.97. The van der Waals surface area contributed by atoms with E-state index >= 15 is 0 Å². The third kappa shape index (κ3) is 1.87. The third-order valence-electron chi connectivity index (χ3n) is 1.42. The maximum Gasteiger partial charge on any atom is 0.160 e. The van der Waals surface area contributed by atoms with E-state index in [1.165, 1.54) is 12.1 Å². The first-order chi connectivity index (χ1) is 5.77. The number of nitrogens with zero attached hydrogens (tertiary/aromatic N) is 1. The van der Waals surface area contributed by atoms with Gasteiger partial charge >= 0.3 is 0 Å². The van der Waals surface area contributed by atoms with Crippen molar-refractivity contribution in [1.29, 1.82) is 5.26 Å². The average molecular weight is 181 g/mol. The Hall–Kier alpha value is -1.26. The quantitative estimate of drug-likeness (QED) is 0.657. The fourth-order valence-corrected chi connectivity index (χ4v) is 1.21. The molecule has 60 valence electrons. The highest BCUT2D eigenvalue weighted by atomic mass is 31.1. The topological polar surface area (TPSA) is 40.9 Å².